The minimum atomic E-state index is -0.108. The van der Waals surface area contributed by atoms with E-state index in [2.05, 4.69) is 53.5 Å². The highest BCUT2D eigenvalue weighted by atomic mass is 32.2. The van der Waals surface area contributed by atoms with Crippen LogP contribution < -0.4 is 19.8 Å². The quantitative estimate of drug-likeness (QED) is 0.379. The van der Waals surface area contributed by atoms with Gasteiger partial charge in [0, 0.05) is 17.8 Å². The third-order valence-electron chi connectivity index (χ3n) is 7.74. The van der Waals surface area contributed by atoms with Crippen LogP contribution in [0.25, 0.3) is 0 Å². The van der Waals surface area contributed by atoms with Crippen molar-refractivity contribution in [2.75, 3.05) is 25.7 Å². The van der Waals surface area contributed by atoms with Gasteiger partial charge in [-0.15, -0.1) is 0 Å². The van der Waals surface area contributed by atoms with Crippen molar-refractivity contribution in [3.63, 3.8) is 0 Å². The maximum absolute atomic E-state index is 11.8. The number of hydrogen-bond donors (Lipinski definition) is 1. The monoisotopic (exact) mass is 520 g/mol. The molecule has 5 rings (SSSR count). The van der Waals surface area contributed by atoms with Crippen LogP contribution in [0.2, 0.25) is 0 Å². The number of nitrogens with one attached hydrogen (secondary N) is 1. The number of rotatable bonds is 5. The molecule has 8 heteroatoms. The second kappa shape index (κ2) is 10.4. The van der Waals surface area contributed by atoms with E-state index >= 15 is 0 Å². The molecular weight excluding hydrogens is 484 g/mol. The van der Waals surface area contributed by atoms with Gasteiger partial charge in [-0.1, -0.05) is 44.5 Å². The van der Waals surface area contributed by atoms with Crippen molar-refractivity contribution in [2.24, 2.45) is 10.1 Å². The predicted octanol–water partition coefficient (Wildman–Crippen LogP) is 6.13. The summed E-state index contributed by atoms with van der Waals surface area (Å²) >= 11 is 1.28. The molecule has 1 unspecified atom stereocenters. The van der Waals surface area contributed by atoms with E-state index in [-0.39, 0.29) is 15.9 Å². The molecule has 7 nitrogen and oxygen atoms in total. The van der Waals surface area contributed by atoms with E-state index in [4.69, 9.17) is 14.5 Å². The standard InChI is InChI=1S/C29H36N4O3S/c1-18-26(31-32-28(34)37-18)19-10-12-23-22(16-19)29(2,3)14-15-33(23)27(30-21-8-6-7-9-21)20-11-13-24(35-4)25(17-20)36-5/h10-13,16-18,21H,6-9,14-15H2,1-5H3,(H,32,34)/b30-27-. The lowest BCUT2D eigenvalue weighted by atomic mass is 9.76. The molecule has 2 heterocycles. The normalized spacial score (nSPS) is 21.8. The van der Waals surface area contributed by atoms with Crippen LogP contribution >= 0.6 is 11.8 Å². The third-order valence-corrected chi connectivity index (χ3v) is 8.62. The van der Waals surface area contributed by atoms with Gasteiger partial charge in [-0.25, -0.2) is 5.43 Å². The molecule has 1 atom stereocenters. The molecule has 2 aromatic carbocycles. The average molecular weight is 521 g/mol. The molecule has 1 saturated carbocycles. The first-order chi connectivity index (χ1) is 17.8. The fraction of sp³-hybridized carbons (Fsp3) is 0.483. The van der Waals surface area contributed by atoms with E-state index in [1.165, 1.54) is 35.9 Å². The van der Waals surface area contributed by atoms with Crippen LogP contribution in [0.4, 0.5) is 10.5 Å². The first-order valence-electron chi connectivity index (χ1n) is 13.1. The van der Waals surface area contributed by atoms with Gasteiger partial charge >= 0.3 is 0 Å². The molecule has 0 bridgehead atoms. The summed E-state index contributed by atoms with van der Waals surface area (Å²) in [7, 11) is 3.33. The topological polar surface area (TPSA) is 75.5 Å². The van der Waals surface area contributed by atoms with Crippen LogP contribution in [0.5, 0.6) is 11.5 Å². The molecule has 1 amide bonds. The van der Waals surface area contributed by atoms with Crippen LogP contribution in [-0.4, -0.2) is 48.8 Å². The highest BCUT2D eigenvalue weighted by Gasteiger charge is 2.35. The number of anilines is 1. The van der Waals surface area contributed by atoms with Crippen molar-refractivity contribution >= 4 is 34.2 Å². The molecule has 0 saturated heterocycles. The number of amides is 1. The first kappa shape index (κ1) is 25.6. The molecule has 37 heavy (non-hydrogen) atoms. The zero-order valence-corrected chi connectivity index (χ0v) is 23.2. The number of methoxy groups -OCH3 is 2. The molecular formula is C29H36N4O3S. The van der Waals surface area contributed by atoms with Gasteiger partial charge in [-0.2, -0.15) is 5.10 Å². The Balaban J connectivity index is 1.60. The van der Waals surface area contributed by atoms with Crippen LogP contribution in [0.15, 0.2) is 46.5 Å². The Morgan fingerprint density at radius 2 is 1.86 bits per heavy atom. The SMILES string of the molecule is COc1ccc(/C(=N/C2CCCC2)N2CCC(C)(C)c3cc(C4=NNC(=O)SC4C)ccc32)cc1OC. The van der Waals surface area contributed by atoms with Crippen molar-refractivity contribution < 1.29 is 14.3 Å². The largest absolute Gasteiger partial charge is 0.493 e. The number of hydrazone groups is 1. The number of benzene rings is 2. The number of hydrogen-bond acceptors (Lipinski definition) is 6. The summed E-state index contributed by atoms with van der Waals surface area (Å²) in [5.74, 6) is 2.41. The van der Waals surface area contributed by atoms with Crippen molar-refractivity contribution in [1.29, 1.82) is 0 Å². The van der Waals surface area contributed by atoms with E-state index in [0.29, 0.717) is 17.5 Å². The Labute approximate surface area is 223 Å². The van der Waals surface area contributed by atoms with Gasteiger partial charge in [-0.3, -0.25) is 9.79 Å². The Hall–Kier alpha value is -3.00. The second-order valence-electron chi connectivity index (χ2n) is 10.6. The summed E-state index contributed by atoms with van der Waals surface area (Å²) in [5.41, 5.74) is 8.05. The highest BCUT2D eigenvalue weighted by Crippen LogP contribution is 2.42. The van der Waals surface area contributed by atoms with Gasteiger partial charge in [0.05, 0.1) is 31.2 Å². The number of nitrogens with zero attached hydrogens (tertiary/aromatic N) is 3. The van der Waals surface area contributed by atoms with Gasteiger partial charge in [0.2, 0.25) is 0 Å². The minimum Gasteiger partial charge on any atom is -0.493 e. The fourth-order valence-corrected chi connectivity index (χ4v) is 6.28. The maximum Gasteiger partial charge on any atom is 0.299 e. The van der Waals surface area contributed by atoms with Crippen LogP contribution in [0, 0.1) is 0 Å². The average Bonchev–Trinajstić information content (AvgIpc) is 3.41. The fourth-order valence-electron chi connectivity index (χ4n) is 5.56. The number of carbonyl (C=O) groups is 1. The lowest BCUT2D eigenvalue weighted by Crippen LogP contribution is -2.42. The number of amidine groups is 1. The molecule has 0 spiro atoms. The first-order valence-corrected chi connectivity index (χ1v) is 14.0. The van der Waals surface area contributed by atoms with Gasteiger partial charge < -0.3 is 14.4 Å². The molecule has 196 valence electrons. The van der Waals surface area contributed by atoms with Gasteiger partial charge in [0.15, 0.2) is 11.5 Å². The number of fused-ring (bicyclic) bond motifs is 1. The summed E-state index contributed by atoms with van der Waals surface area (Å²) in [6, 6.07) is 13.0. The van der Waals surface area contributed by atoms with E-state index < -0.39 is 0 Å². The van der Waals surface area contributed by atoms with Crippen molar-refractivity contribution in [1.82, 2.24) is 5.43 Å². The molecule has 1 aliphatic carbocycles. The second-order valence-corrected chi connectivity index (χ2v) is 11.9. The van der Waals surface area contributed by atoms with Crippen LogP contribution in [0.3, 0.4) is 0 Å². The zero-order valence-electron chi connectivity index (χ0n) is 22.3. The highest BCUT2D eigenvalue weighted by molar-refractivity contribution is 8.14. The summed E-state index contributed by atoms with van der Waals surface area (Å²) in [6.07, 6.45) is 5.71. The van der Waals surface area contributed by atoms with Gasteiger partial charge in [0.25, 0.3) is 5.24 Å². The van der Waals surface area contributed by atoms with E-state index in [0.717, 1.165) is 48.5 Å². The number of aliphatic imine (C=N–C) groups is 1. The van der Waals surface area contributed by atoms with E-state index in [9.17, 15) is 4.79 Å². The van der Waals surface area contributed by atoms with Gasteiger partial charge in [-0.05, 0) is 73.1 Å². The Morgan fingerprint density at radius 1 is 1.11 bits per heavy atom. The number of carbonyl (C=O) groups excluding carboxylic acids is 1. The molecule has 2 aliphatic heterocycles. The molecule has 1 fully saturated rings. The summed E-state index contributed by atoms with van der Waals surface area (Å²) < 4.78 is 11.1. The lowest BCUT2D eigenvalue weighted by molar-refractivity contribution is 0.261. The summed E-state index contributed by atoms with van der Waals surface area (Å²) in [5, 5.41) is 4.29. The Morgan fingerprint density at radius 3 is 2.57 bits per heavy atom. The molecule has 0 aromatic heterocycles. The molecule has 1 N–H and O–H groups in total. The predicted molar refractivity (Wildman–Crippen MR) is 152 cm³/mol. The Bertz CT molecular complexity index is 1250. The van der Waals surface area contributed by atoms with E-state index in [1.54, 1.807) is 14.2 Å². The summed E-state index contributed by atoms with van der Waals surface area (Å²) in [4.78, 5) is 19.5. The number of thioether (sulfide) groups is 1. The third kappa shape index (κ3) is 5.08. The summed E-state index contributed by atoms with van der Waals surface area (Å²) in [6.45, 7) is 7.52. The van der Waals surface area contributed by atoms with E-state index in [1.807, 2.05) is 19.1 Å². The molecule has 3 aliphatic rings. The number of ether oxygens (including phenoxy) is 2. The molecule has 2 aromatic rings. The minimum absolute atomic E-state index is 0.000796. The molecule has 0 radical (unpaired) electrons. The van der Waals surface area contributed by atoms with Crippen molar-refractivity contribution in [3.8, 4) is 11.5 Å². The van der Waals surface area contributed by atoms with Gasteiger partial charge in [0.1, 0.15) is 5.84 Å². The smallest absolute Gasteiger partial charge is 0.299 e. The zero-order chi connectivity index (χ0) is 26.2. The van der Waals surface area contributed by atoms with Crippen LogP contribution in [0.1, 0.15) is 69.6 Å². The Kier molecular flexibility index (Phi) is 7.21. The van der Waals surface area contributed by atoms with Crippen LogP contribution in [-0.2, 0) is 5.41 Å². The van der Waals surface area contributed by atoms with Crippen molar-refractivity contribution in [2.45, 2.75) is 69.6 Å². The van der Waals surface area contributed by atoms with Crippen molar-refractivity contribution in [3.05, 3.63) is 53.1 Å². The lowest BCUT2D eigenvalue weighted by Gasteiger charge is -2.41. The maximum atomic E-state index is 11.8.